The Kier molecular flexibility index (Phi) is 6.86. The van der Waals surface area contributed by atoms with Crippen LogP contribution in [0.5, 0.6) is 0 Å². The minimum Gasteiger partial charge on any atom is -0.451 e. The molecule has 9 nitrogen and oxygen atoms in total. The molecule has 0 radical (unpaired) electrons. The minimum atomic E-state index is -1.02. The van der Waals surface area contributed by atoms with Crippen molar-refractivity contribution in [3.8, 4) is 0 Å². The average molecular weight is 377 g/mol. The number of carbonyl (C=O) groups is 3. The van der Waals surface area contributed by atoms with Crippen LogP contribution in [0, 0.1) is 10.1 Å². The van der Waals surface area contributed by atoms with E-state index >= 15 is 0 Å². The highest BCUT2D eigenvalue weighted by Gasteiger charge is 2.26. The second kappa shape index (κ2) is 9.11. The standard InChI is InChI=1S/C18H23N3O6/c1-11(19-17(23)13-6-5-9-15(10-13)21(25)26)18(24)27-12(2)16(22)20-14-7-3-4-8-14/h5-6,9-12,14H,3-4,7-8H2,1-2H3,(H,19,23)(H,20,22)/t11-,12+/m1/s1. The van der Waals surface area contributed by atoms with Gasteiger partial charge in [-0.1, -0.05) is 18.9 Å². The highest BCUT2D eigenvalue weighted by Crippen LogP contribution is 2.18. The third-order valence-electron chi connectivity index (χ3n) is 4.38. The normalized spacial score (nSPS) is 16.2. The van der Waals surface area contributed by atoms with Crippen molar-refractivity contribution in [3.05, 3.63) is 39.9 Å². The topological polar surface area (TPSA) is 128 Å². The molecule has 1 aromatic rings. The molecule has 1 fully saturated rings. The maximum atomic E-state index is 12.2. The number of nitrogens with one attached hydrogen (secondary N) is 2. The molecule has 1 aliphatic rings. The highest BCUT2D eigenvalue weighted by atomic mass is 16.6. The lowest BCUT2D eigenvalue weighted by molar-refractivity contribution is -0.384. The Labute approximate surface area is 156 Å². The van der Waals surface area contributed by atoms with E-state index in [1.54, 1.807) is 0 Å². The number of nitrogens with zero attached hydrogens (tertiary/aromatic N) is 1. The molecule has 1 saturated carbocycles. The first kappa shape index (κ1) is 20.3. The van der Waals surface area contributed by atoms with Crippen LogP contribution in [0.3, 0.4) is 0 Å². The van der Waals surface area contributed by atoms with Crippen molar-refractivity contribution in [2.75, 3.05) is 0 Å². The molecule has 1 aromatic carbocycles. The zero-order valence-corrected chi connectivity index (χ0v) is 15.3. The zero-order chi connectivity index (χ0) is 20.0. The number of ether oxygens (including phenoxy) is 1. The Bertz CT molecular complexity index is 730. The van der Waals surface area contributed by atoms with Crippen LogP contribution < -0.4 is 10.6 Å². The summed E-state index contributed by atoms with van der Waals surface area (Å²) in [5, 5.41) is 16.0. The lowest BCUT2D eigenvalue weighted by Crippen LogP contribution is -2.45. The molecular weight excluding hydrogens is 354 g/mol. The Hall–Kier alpha value is -2.97. The Balaban J connectivity index is 1.86. The largest absolute Gasteiger partial charge is 0.451 e. The SMILES string of the molecule is C[C@H](OC(=O)[C@@H](C)NC(=O)c1cccc([N+](=O)[O-])c1)C(=O)NC1CCCC1. The highest BCUT2D eigenvalue weighted by molar-refractivity contribution is 5.97. The second-order valence-corrected chi connectivity index (χ2v) is 6.57. The maximum Gasteiger partial charge on any atom is 0.329 e. The van der Waals surface area contributed by atoms with Gasteiger partial charge in [0.1, 0.15) is 6.04 Å². The van der Waals surface area contributed by atoms with Crippen molar-refractivity contribution >= 4 is 23.5 Å². The summed E-state index contributed by atoms with van der Waals surface area (Å²) in [7, 11) is 0. The van der Waals surface area contributed by atoms with Crippen molar-refractivity contribution in [2.45, 2.75) is 57.7 Å². The summed E-state index contributed by atoms with van der Waals surface area (Å²) in [6, 6.07) is 4.26. The molecule has 2 amide bonds. The van der Waals surface area contributed by atoms with Gasteiger partial charge in [-0.2, -0.15) is 0 Å². The smallest absolute Gasteiger partial charge is 0.329 e. The van der Waals surface area contributed by atoms with Gasteiger partial charge < -0.3 is 15.4 Å². The fourth-order valence-corrected chi connectivity index (χ4v) is 2.82. The first-order valence-corrected chi connectivity index (χ1v) is 8.84. The second-order valence-electron chi connectivity index (χ2n) is 6.57. The van der Waals surface area contributed by atoms with Crippen LogP contribution in [0.15, 0.2) is 24.3 Å². The number of esters is 1. The van der Waals surface area contributed by atoms with Gasteiger partial charge in [0.05, 0.1) is 4.92 Å². The average Bonchev–Trinajstić information content (AvgIpc) is 3.14. The molecule has 0 spiro atoms. The van der Waals surface area contributed by atoms with E-state index < -0.39 is 28.9 Å². The molecule has 0 saturated heterocycles. The maximum absolute atomic E-state index is 12.2. The van der Waals surface area contributed by atoms with Crippen molar-refractivity contribution in [1.82, 2.24) is 10.6 Å². The molecule has 2 N–H and O–H groups in total. The van der Waals surface area contributed by atoms with Crippen molar-refractivity contribution in [1.29, 1.82) is 0 Å². The molecule has 27 heavy (non-hydrogen) atoms. The molecule has 2 atom stereocenters. The van der Waals surface area contributed by atoms with Gasteiger partial charge in [-0.15, -0.1) is 0 Å². The Morgan fingerprint density at radius 1 is 1.22 bits per heavy atom. The monoisotopic (exact) mass is 377 g/mol. The number of hydrogen-bond donors (Lipinski definition) is 2. The van der Waals surface area contributed by atoms with E-state index in [9.17, 15) is 24.5 Å². The van der Waals surface area contributed by atoms with Crippen LogP contribution in [0.25, 0.3) is 0 Å². The molecule has 0 aliphatic heterocycles. The molecule has 0 aromatic heterocycles. The first-order valence-electron chi connectivity index (χ1n) is 8.84. The summed E-state index contributed by atoms with van der Waals surface area (Å²) in [4.78, 5) is 46.5. The number of rotatable bonds is 7. The molecule has 0 unspecified atom stereocenters. The summed E-state index contributed by atoms with van der Waals surface area (Å²) in [5.41, 5.74) is -0.175. The molecule has 9 heteroatoms. The van der Waals surface area contributed by atoms with E-state index in [2.05, 4.69) is 10.6 Å². The fraction of sp³-hybridized carbons (Fsp3) is 0.500. The quantitative estimate of drug-likeness (QED) is 0.423. The van der Waals surface area contributed by atoms with E-state index in [4.69, 9.17) is 4.74 Å². The fourth-order valence-electron chi connectivity index (χ4n) is 2.82. The minimum absolute atomic E-state index is 0.0517. The van der Waals surface area contributed by atoms with Crippen molar-refractivity contribution < 1.29 is 24.0 Å². The van der Waals surface area contributed by atoms with Crippen LogP contribution in [-0.4, -0.2) is 40.9 Å². The molecule has 0 bridgehead atoms. The molecule has 1 aliphatic carbocycles. The van der Waals surface area contributed by atoms with E-state index in [1.807, 2.05) is 0 Å². The van der Waals surface area contributed by atoms with Crippen LogP contribution in [0.1, 0.15) is 49.9 Å². The summed E-state index contributed by atoms with van der Waals surface area (Å²) < 4.78 is 5.11. The van der Waals surface area contributed by atoms with Gasteiger partial charge in [-0.05, 0) is 32.8 Å². The van der Waals surface area contributed by atoms with Gasteiger partial charge in [0, 0.05) is 23.7 Å². The van der Waals surface area contributed by atoms with E-state index in [0.717, 1.165) is 31.7 Å². The summed E-state index contributed by atoms with van der Waals surface area (Å²) >= 11 is 0. The Morgan fingerprint density at radius 3 is 2.52 bits per heavy atom. The summed E-state index contributed by atoms with van der Waals surface area (Å²) in [6.07, 6.45) is 3.00. The Morgan fingerprint density at radius 2 is 1.89 bits per heavy atom. The number of hydrogen-bond acceptors (Lipinski definition) is 6. The van der Waals surface area contributed by atoms with Crippen LogP contribution in [-0.2, 0) is 14.3 Å². The van der Waals surface area contributed by atoms with Crippen LogP contribution >= 0.6 is 0 Å². The van der Waals surface area contributed by atoms with Crippen molar-refractivity contribution in [3.63, 3.8) is 0 Å². The van der Waals surface area contributed by atoms with Gasteiger partial charge in [0.25, 0.3) is 17.5 Å². The molecule has 0 heterocycles. The zero-order valence-electron chi connectivity index (χ0n) is 15.3. The molecule has 2 rings (SSSR count). The lowest BCUT2D eigenvalue weighted by atomic mass is 10.2. The molecular formula is C18H23N3O6. The summed E-state index contributed by atoms with van der Waals surface area (Å²) in [6.45, 7) is 2.89. The predicted octanol–water partition coefficient (Wildman–Crippen LogP) is 1.70. The first-order chi connectivity index (χ1) is 12.8. The van der Waals surface area contributed by atoms with Crippen molar-refractivity contribution in [2.24, 2.45) is 0 Å². The third-order valence-corrected chi connectivity index (χ3v) is 4.38. The number of nitro groups is 1. The van der Waals surface area contributed by atoms with Gasteiger partial charge in [-0.25, -0.2) is 4.79 Å². The summed E-state index contributed by atoms with van der Waals surface area (Å²) in [5.74, 6) is -1.78. The third kappa shape index (κ3) is 5.77. The van der Waals surface area contributed by atoms with E-state index in [1.165, 1.54) is 32.0 Å². The van der Waals surface area contributed by atoms with Crippen LogP contribution in [0.4, 0.5) is 5.69 Å². The van der Waals surface area contributed by atoms with Crippen LogP contribution in [0.2, 0.25) is 0 Å². The van der Waals surface area contributed by atoms with Gasteiger partial charge in [0.15, 0.2) is 6.10 Å². The number of amides is 2. The van der Waals surface area contributed by atoms with E-state index in [0.29, 0.717) is 0 Å². The number of non-ortho nitro benzene ring substituents is 1. The lowest BCUT2D eigenvalue weighted by Gasteiger charge is -2.19. The van der Waals surface area contributed by atoms with Gasteiger partial charge in [-0.3, -0.25) is 19.7 Å². The number of carbonyl (C=O) groups excluding carboxylic acids is 3. The predicted molar refractivity (Wildman–Crippen MR) is 96.0 cm³/mol. The van der Waals surface area contributed by atoms with Gasteiger partial charge >= 0.3 is 5.97 Å². The molecule has 146 valence electrons. The van der Waals surface area contributed by atoms with Gasteiger partial charge in [0.2, 0.25) is 0 Å². The number of benzene rings is 1. The number of nitro benzene ring substituents is 1. The van der Waals surface area contributed by atoms with E-state index in [-0.39, 0.29) is 23.2 Å².